The second-order valence-electron chi connectivity index (χ2n) is 13.0. The topological polar surface area (TPSA) is 122 Å². The van der Waals surface area contributed by atoms with Crippen molar-refractivity contribution in [2.45, 2.75) is 46.6 Å². The molecule has 14 heteroatoms. The van der Waals surface area contributed by atoms with Crippen molar-refractivity contribution < 1.29 is 22.7 Å². The van der Waals surface area contributed by atoms with Crippen LogP contribution in [0.5, 0.6) is 0 Å². The molecule has 278 valence electrons. The number of nitrogens with one attached hydrogen (secondary N) is 2. The maximum atomic E-state index is 15.7. The highest BCUT2D eigenvalue weighted by Crippen LogP contribution is 2.29. The lowest BCUT2D eigenvalue weighted by Crippen LogP contribution is -2.47. The summed E-state index contributed by atoms with van der Waals surface area (Å²) in [5.41, 5.74) is 1.28. The lowest BCUT2D eigenvalue weighted by molar-refractivity contribution is 0.0524. The first kappa shape index (κ1) is 37.1. The maximum Gasteiger partial charge on any atom is 0.343 e. The van der Waals surface area contributed by atoms with Crippen LogP contribution in [-0.2, 0) is 17.7 Å². The molecule has 0 aliphatic carbocycles. The number of esters is 1. The molecule has 2 aromatic heterocycles. The fourth-order valence-corrected chi connectivity index (χ4v) is 6.71. The van der Waals surface area contributed by atoms with Gasteiger partial charge in [0, 0.05) is 62.1 Å². The van der Waals surface area contributed by atoms with E-state index in [0.29, 0.717) is 51.0 Å². The molecule has 0 saturated carbocycles. The molecule has 1 aliphatic rings. The predicted molar refractivity (Wildman–Crippen MR) is 198 cm³/mol. The maximum absolute atomic E-state index is 15.7. The number of hydrogen-bond acceptors (Lipinski definition) is 8. The van der Waals surface area contributed by atoms with E-state index in [4.69, 9.17) is 4.74 Å². The van der Waals surface area contributed by atoms with Gasteiger partial charge in [-0.3, -0.25) is 24.0 Å². The van der Waals surface area contributed by atoms with E-state index in [1.54, 1.807) is 6.92 Å². The number of unbranched alkanes of at least 4 members (excludes halogenated alkanes) is 1. The van der Waals surface area contributed by atoms with Crippen LogP contribution >= 0.6 is 0 Å². The van der Waals surface area contributed by atoms with E-state index in [1.165, 1.54) is 38.5 Å². The average Bonchev–Trinajstić information content (AvgIpc) is 3.12. The number of H-pyrrole nitrogens is 1. The number of halogens is 3. The van der Waals surface area contributed by atoms with Crippen LogP contribution in [-0.4, -0.2) is 64.3 Å². The Labute approximate surface area is 303 Å². The lowest BCUT2D eigenvalue weighted by Gasteiger charge is -2.36. The summed E-state index contributed by atoms with van der Waals surface area (Å²) in [6, 6.07) is 12.7. The first-order valence-electron chi connectivity index (χ1n) is 17.7. The van der Waals surface area contributed by atoms with E-state index in [1.807, 2.05) is 30.0 Å². The van der Waals surface area contributed by atoms with Gasteiger partial charge in [0.2, 0.25) is 5.43 Å². The first-order valence-corrected chi connectivity index (χ1v) is 17.7. The fourth-order valence-electron chi connectivity index (χ4n) is 6.71. The molecule has 3 aromatic carbocycles. The third kappa shape index (κ3) is 8.07. The Hall–Kier alpha value is -5.63. The number of rotatable bonds is 12. The van der Waals surface area contributed by atoms with Gasteiger partial charge in [-0.1, -0.05) is 13.0 Å². The van der Waals surface area contributed by atoms with Crippen LogP contribution in [0.25, 0.3) is 16.6 Å². The third-order valence-corrected chi connectivity index (χ3v) is 9.59. The molecule has 0 amide bonds. The molecule has 0 spiro atoms. The Balaban J connectivity index is 1.11. The number of carbonyl (C=O) groups excluding carboxylic acids is 1. The molecule has 1 saturated heterocycles. The Morgan fingerprint density at radius 1 is 0.868 bits per heavy atom. The Kier molecular flexibility index (Phi) is 11.2. The monoisotopic (exact) mass is 730 g/mol. The zero-order valence-electron chi connectivity index (χ0n) is 29.8. The summed E-state index contributed by atoms with van der Waals surface area (Å²) in [6.07, 6.45) is 3.32. The molecule has 0 radical (unpaired) electrons. The van der Waals surface area contributed by atoms with Crippen LogP contribution in [0.1, 0.15) is 48.2 Å². The van der Waals surface area contributed by atoms with Crippen LogP contribution in [0, 0.1) is 24.4 Å². The Morgan fingerprint density at radius 2 is 1.60 bits per heavy atom. The number of anilines is 3. The average molecular weight is 731 g/mol. The summed E-state index contributed by atoms with van der Waals surface area (Å²) in [6.45, 7) is 8.72. The summed E-state index contributed by atoms with van der Waals surface area (Å²) in [5, 5.41) is 2.96. The van der Waals surface area contributed by atoms with Gasteiger partial charge in [-0.15, -0.1) is 0 Å². The number of piperazine rings is 1. The van der Waals surface area contributed by atoms with Crippen molar-refractivity contribution in [3.05, 3.63) is 126 Å². The van der Waals surface area contributed by atoms with Gasteiger partial charge >= 0.3 is 11.7 Å². The normalized spacial score (nSPS) is 13.4. The van der Waals surface area contributed by atoms with Crippen molar-refractivity contribution in [2.75, 3.05) is 49.5 Å². The van der Waals surface area contributed by atoms with Crippen LogP contribution in [0.3, 0.4) is 0 Å². The first-order chi connectivity index (χ1) is 25.5. The number of fused-ring (bicyclic) bond motifs is 1. The van der Waals surface area contributed by atoms with E-state index >= 15 is 8.78 Å². The minimum absolute atomic E-state index is 0.0126. The van der Waals surface area contributed by atoms with Gasteiger partial charge in [0.25, 0.3) is 5.56 Å². The van der Waals surface area contributed by atoms with Crippen molar-refractivity contribution >= 4 is 34.1 Å². The highest BCUT2D eigenvalue weighted by Gasteiger charge is 2.24. The number of ether oxygens (including phenoxy) is 1. The number of aromatic nitrogens is 3. The molecule has 2 N–H and O–H groups in total. The minimum atomic E-state index is -0.940. The molecule has 0 atom stereocenters. The number of benzene rings is 3. The van der Waals surface area contributed by atoms with E-state index in [-0.39, 0.29) is 35.4 Å². The smallest absolute Gasteiger partial charge is 0.343 e. The number of aryl methyl sites for hydroxylation is 2. The van der Waals surface area contributed by atoms with Gasteiger partial charge in [-0.05, 0) is 87.2 Å². The number of pyridine rings is 1. The van der Waals surface area contributed by atoms with Crippen LogP contribution in [0.2, 0.25) is 0 Å². The second kappa shape index (κ2) is 15.9. The number of hydrogen-bond donors (Lipinski definition) is 2. The Bertz CT molecular complexity index is 2310. The van der Waals surface area contributed by atoms with E-state index in [0.717, 1.165) is 36.9 Å². The molecule has 0 unspecified atom stereocenters. The number of carbonyl (C=O) groups is 1. The third-order valence-electron chi connectivity index (χ3n) is 9.59. The standard InChI is InChI=1S/C39H41F3N6O5/c1-4-25-18-27(10-8-24(25)3)43-35-22-36(49)47(39(52)44-35)13-7-6-12-45-14-16-46(17-15-45)34-21-33-28(20-31(34)42)37(50)29(38(51)53-5-2)23-48(33)32-11-9-26(40)19-30(32)41/h8-11,18-23,43H,4-7,12-17H2,1-3H3,(H,44,52). The summed E-state index contributed by atoms with van der Waals surface area (Å²) >= 11 is 0. The molecule has 3 heterocycles. The van der Waals surface area contributed by atoms with Crippen molar-refractivity contribution in [3.8, 4) is 5.69 Å². The fraction of sp³-hybridized carbons (Fsp3) is 0.333. The largest absolute Gasteiger partial charge is 0.462 e. The molecule has 1 fully saturated rings. The quantitative estimate of drug-likeness (QED) is 0.125. The van der Waals surface area contributed by atoms with E-state index in [9.17, 15) is 23.6 Å². The van der Waals surface area contributed by atoms with Gasteiger partial charge in [-0.25, -0.2) is 22.8 Å². The zero-order valence-corrected chi connectivity index (χ0v) is 29.8. The molecular formula is C39H41F3N6O5. The summed E-state index contributed by atoms with van der Waals surface area (Å²) < 4.78 is 51.9. The Morgan fingerprint density at radius 3 is 2.30 bits per heavy atom. The van der Waals surface area contributed by atoms with E-state index in [2.05, 4.69) is 22.1 Å². The lowest BCUT2D eigenvalue weighted by atomic mass is 10.1. The zero-order chi connectivity index (χ0) is 37.8. The molecule has 1 aliphatic heterocycles. The predicted octanol–water partition coefficient (Wildman–Crippen LogP) is 5.65. The van der Waals surface area contributed by atoms with Gasteiger partial charge < -0.3 is 19.5 Å². The van der Waals surface area contributed by atoms with Crippen molar-refractivity contribution in [1.82, 2.24) is 19.0 Å². The van der Waals surface area contributed by atoms with Gasteiger partial charge in [0.1, 0.15) is 28.8 Å². The van der Waals surface area contributed by atoms with Gasteiger partial charge in [0.05, 0.1) is 23.5 Å². The van der Waals surface area contributed by atoms with Crippen molar-refractivity contribution in [2.24, 2.45) is 0 Å². The summed E-state index contributed by atoms with van der Waals surface area (Å²) in [5.74, 6) is -3.03. The van der Waals surface area contributed by atoms with Crippen molar-refractivity contribution in [1.29, 1.82) is 0 Å². The molecule has 11 nitrogen and oxygen atoms in total. The highest BCUT2D eigenvalue weighted by molar-refractivity contribution is 5.95. The molecular weight excluding hydrogens is 689 g/mol. The number of nitrogens with zero attached hydrogens (tertiary/aromatic N) is 4. The van der Waals surface area contributed by atoms with Crippen LogP contribution in [0.15, 0.2) is 75.2 Å². The second-order valence-corrected chi connectivity index (χ2v) is 13.0. The molecule has 6 rings (SSSR count). The van der Waals surface area contributed by atoms with Gasteiger partial charge in [0.15, 0.2) is 0 Å². The minimum Gasteiger partial charge on any atom is -0.462 e. The summed E-state index contributed by atoms with van der Waals surface area (Å²) in [7, 11) is 0. The SMILES string of the molecule is CCOC(=O)c1cn(-c2ccc(F)cc2F)c2cc(N3CCN(CCCCn4c(=O)cc(Nc5ccc(C)c(CC)c5)[nH]c4=O)CC3)c(F)cc2c1=O. The molecule has 53 heavy (non-hydrogen) atoms. The van der Waals surface area contributed by atoms with Gasteiger partial charge in [-0.2, -0.15) is 0 Å². The molecule has 5 aromatic rings. The van der Waals surface area contributed by atoms with Crippen LogP contribution in [0.4, 0.5) is 30.4 Å². The molecule has 0 bridgehead atoms. The van der Waals surface area contributed by atoms with E-state index < -0.39 is 45.7 Å². The van der Waals surface area contributed by atoms with Crippen LogP contribution < -0.4 is 26.9 Å². The number of aromatic amines is 1. The highest BCUT2D eigenvalue weighted by atomic mass is 19.1. The summed E-state index contributed by atoms with van der Waals surface area (Å²) in [4.78, 5) is 58.3. The van der Waals surface area contributed by atoms with Crippen molar-refractivity contribution in [3.63, 3.8) is 0 Å².